The molecule has 0 aliphatic carbocycles. The van der Waals surface area contributed by atoms with E-state index in [-0.39, 0.29) is 6.42 Å². The van der Waals surface area contributed by atoms with Gasteiger partial charge in [-0.1, -0.05) is 43.0 Å². The molecule has 6 heteroatoms. The summed E-state index contributed by atoms with van der Waals surface area (Å²) in [6.45, 7) is 7.27. The van der Waals surface area contributed by atoms with Crippen LogP contribution in [0.25, 0.3) is 0 Å². The summed E-state index contributed by atoms with van der Waals surface area (Å²) in [7, 11) is -3.23. The van der Waals surface area contributed by atoms with Crippen LogP contribution in [0.5, 0.6) is 0 Å². The summed E-state index contributed by atoms with van der Waals surface area (Å²) < 4.78 is 23.1. The molecule has 0 aromatic heterocycles. The molecule has 5 nitrogen and oxygen atoms in total. The minimum Gasteiger partial charge on any atom is -0.466 e. The Hall–Kier alpha value is -2.52. The van der Waals surface area contributed by atoms with Crippen molar-refractivity contribution in [2.45, 2.75) is 13.3 Å². The predicted octanol–water partition coefficient (Wildman–Crippen LogP) is 4.67. The summed E-state index contributed by atoms with van der Waals surface area (Å²) in [5, 5.41) is 0.390. The van der Waals surface area contributed by atoms with Gasteiger partial charge in [-0.25, -0.2) is 0 Å². The molecule has 1 fully saturated rings. The zero-order valence-electron chi connectivity index (χ0n) is 14.9. The van der Waals surface area contributed by atoms with Crippen molar-refractivity contribution in [3.8, 4) is 0 Å². The zero-order valence-corrected chi connectivity index (χ0v) is 15.8. The molecule has 0 radical (unpaired) electrons. The molecule has 0 N–H and O–H groups in total. The second kappa shape index (κ2) is 7.79. The molecule has 0 saturated carbocycles. The number of benzene rings is 2. The first-order valence-electron chi connectivity index (χ1n) is 8.67. The SMILES string of the molecule is C=C(CC(=O)OCC)P1(=O)N(c2ccccc2)CCN1c1ccccc1. The molecule has 0 spiro atoms. The van der Waals surface area contributed by atoms with Gasteiger partial charge in [-0.15, -0.1) is 0 Å². The molecule has 0 atom stereocenters. The lowest BCUT2D eigenvalue weighted by atomic mass is 10.3. The number of ether oxygens (including phenoxy) is 1. The number of hydrogen-bond donors (Lipinski definition) is 0. The van der Waals surface area contributed by atoms with Crippen LogP contribution in [0.3, 0.4) is 0 Å². The van der Waals surface area contributed by atoms with E-state index in [1.54, 1.807) is 6.92 Å². The summed E-state index contributed by atoms with van der Waals surface area (Å²) in [5.41, 5.74) is 1.72. The second-order valence-corrected chi connectivity index (χ2v) is 8.70. The van der Waals surface area contributed by atoms with Crippen molar-refractivity contribution in [2.24, 2.45) is 0 Å². The van der Waals surface area contributed by atoms with Gasteiger partial charge in [0.15, 0.2) is 0 Å². The van der Waals surface area contributed by atoms with Gasteiger partial charge >= 0.3 is 5.97 Å². The Morgan fingerprint density at radius 1 is 1.00 bits per heavy atom. The lowest BCUT2D eigenvalue weighted by Gasteiger charge is -2.33. The van der Waals surface area contributed by atoms with Gasteiger partial charge < -0.3 is 14.1 Å². The molecule has 136 valence electrons. The van der Waals surface area contributed by atoms with Crippen LogP contribution in [0.4, 0.5) is 11.4 Å². The molecule has 0 unspecified atom stereocenters. The molecule has 1 aliphatic heterocycles. The molecule has 2 aromatic carbocycles. The van der Waals surface area contributed by atoms with Gasteiger partial charge in [-0.3, -0.25) is 9.36 Å². The van der Waals surface area contributed by atoms with Crippen LogP contribution in [-0.4, -0.2) is 25.7 Å². The van der Waals surface area contributed by atoms with Crippen molar-refractivity contribution < 1.29 is 14.1 Å². The van der Waals surface area contributed by atoms with Crippen LogP contribution < -0.4 is 9.34 Å². The number of esters is 1. The molecule has 1 heterocycles. The topological polar surface area (TPSA) is 49.9 Å². The molecular weight excluding hydrogens is 347 g/mol. The normalized spacial score (nSPS) is 15.7. The van der Waals surface area contributed by atoms with E-state index in [2.05, 4.69) is 6.58 Å². The number of rotatable bonds is 6. The fourth-order valence-corrected chi connectivity index (χ4v) is 6.08. The van der Waals surface area contributed by atoms with Crippen molar-refractivity contribution in [3.63, 3.8) is 0 Å². The standard InChI is InChI=1S/C20H23N2O3P/c1-3-25-20(23)16-17(2)26(24)21(18-10-6-4-7-11-18)14-15-22(26)19-12-8-5-9-13-19/h4-13H,2-3,14-16H2,1H3. The quantitative estimate of drug-likeness (QED) is 0.546. The maximum absolute atomic E-state index is 14.3. The maximum Gasteiger partial charge on any atom is 0.310 e. The molecule has 2 aromatic rings. The lowest BCUT2D eigenvalue weighted by molar-refractivity contribution is -0.142. The molecular formula is C20H23N2O3P. The van der Waals surface area contributed by atoms with Crippen LogP contribution in [0.15, 0.2) is 72.6 Å². The first kappa shape index (κ1) is 18.3. The largest absolute Gasteiger partial charge is 0.466 e. The van der Waals surface area contributed by atoms with Crippen LogP contribution in [-0.2, 0) is 14.1 Å². The van der Waals surface area contributed by atoms with E-state index >= 15 is 0 Å². The fraction of sp³-hybridized carbons (Fsp3) is 0.250. The van der Waals surface area contributed by atoms with E-state index in [0.717, 1.165) is 11.4 Å². The Bertz CT molecular complexity index is 772. The molecule has 26 heavy (non-hydrogen) atoms. The highest BCUT2D eigenvalue weighted by molar-refractivity contribution is 7.71. The van der Waals surface area contributed by atoms with Crippen LogP contribution in [0.2, 0.25) is 0 Å². The Kier molecular flexibility index (Phi) is 5.48. The van der Waals surface area contributed by atoms with Gasteiger partial charge in [-0.05, 0) is 31.2 Å². The summed E-state index contributed by atoms with van der Waals surface area (Å²) in [6, 6.07) is 19.2. The summed E-state index contributed by atoms with van der Waals surface area (Å²) >= 11 is 0. The summed E-state index contributed by atoms with van der Waals surface area (Å²) in [5.74, 6) is -0.402. The van der Waals surface area contributed by atoms with Crippen LogP contribution in [0, 0.1) is 0 Å². The number of carbonyl (C=O) groups is 1. The van der Waals surface area contributed by atoms with Crippen molar-refractivity contribution in [3.05, 3.63) is 72.6 Å². The van der Waals surface area contributed by atoms with Gasteiger partial charge in [0, 0.05) is 29.8 Å². The average Bonchev–Trinajstić information content (AvgIpc) is 3.02. The van der Waals surface area contributed by atoms with E-state index in [1.807, 2.05) is 70.0 Å². The van der Waals surface area contributed by atoms with Gasteiger partial charge in [0.05, 0.1) is 13.0 Å². The fourth-order valence-electron chi connectivity index (χ4n) is 3.19. The monoisotopic (exact) mass is 370 g/mol. The Balaban J connectivity index is 2.00. The van der Waals surface area contributed by atoms with Crippen LogP contribution in [0.1, 0.15) is 13.3 Å². The van der Waals surface area contributed by atoms with E-state index in [0.29, 0.717) is 25.0 Å². The van der Waals surface area contributed by atoms with Gasteiger partial charge in [0.1, 0.15) is 0 Å². The minimum atomic E-state index is -3.23. The Morgan fingerprint density at radius 2 is 1.46 bits per heavy atom. The van der Waals surface area contributed by atoms with E-state index in [9.17, 15) is 9.36 Å². The second-order valence-electron chi connectivity index (χ2n) is 6.01. The number of nitrogens with zero attached hydrogens (tertiary/aromatic N) is 2. The third-order valence-corrected chi connectivity index (χ3v) is 7.51. The van der Waals surface area contributed by atoms with Gasteiger partial charge in [0.2, 0.25) is 0 Å². The van der Waals surface area contributed by atoms with Gasteiger partial charge in [-0.2, -0.15) is 0 Å². The molecule has 0 bridgehead atoms. The molecule has 0 amide bonds. The van der Waals surface area contributed by atoms with E-state index in [4.69, 9.17) is 4.74 Å². The third kappa shape index (κ3) is 3.40. The van der Waals surface area contributed by atoms with Crippen molar-refractivity contribution in [1.29, 1.82) is 0 Å². The maximum atomic E-state index is 14.3. The predicted molar refractivity (Wildman–Crippen MR) is 106 cm³/mol. The van der Waals surface area contributed by atoms with Crippen molar-refractivity contribution >= 4 is 24.8 Å². The Morgan fingerprint density at radius 3 is 1.88 bits per heavy atom. The first-order valence-corrected chi connectivity index (χ1v) is 10.3. The number of para-hydroxylation sites is 2. The highest BCUT2D eigenvalue weighted by Crippen LogP contribution is 2.65. The zero-order chi connectivity index (χ0) is 18.6. The van der Waals surface area contributed by atoms with Gasteiger partial charge in [0.25, 0.3) is 7.44 Å². The molecule has 3 rings (SSSR count). The average molecular weight is 370 g/mol. The minimum absolute atomic E-state index is 0.0578. The highest BCUT2D eigenvalue weighted by Gasteiger charge is 2.46. The lowest BCUT2D eigenvalue weighted by Crippen LogP contribution is -2.21. The number of carbonyl (C=O) groups excluding carboxylic acids is 1. The highest BCUT2D eigenvalue weighted by atomic mass is 31.2. The van der Waals surface area contributed by atoms with Crippen LogP contribution >= 0.6 is 7.44 Å². The first-order chi connectivity index (χ1) is 12.6. The van der Waals surface area contributed by atoms with E-state index in [1.165, 1.54) is 0 Å². The van der Waals surface area contributed by atoms with E-state index < -0.39 is 13.4 Å². The van der Waals surface area contributed by atoms with Crippen molar-refractivity contribution in [2.75, 3.05) is 29.0 Å². The Labute approximate surface area is 154 Å². The molecule has 1 aliphatic rings. The number of hydrogen-bond acceptors (Lipinski definition) is 3. The van der Waals surface area contributed by atoms with Crippen molar-refractivity contribution in [1.82, 2.24) is 0 Å². The summed E-state index contributed by atoms with van der Waals surface area (Å²) in [6.07, 6.45) is -0.0578. The summed E-state index contributed by atoms with van der Waals surface area (Å²) in [4.78, 5) is 12.0. The third-order valence-electron chi connectivity index (χ3n) is 4.35. The smallest absolute Gasteiger partial charge is 0.310 e. The molecule has 1 saturated heterocycles. The number of anilines is 2.